The summed E-state index contributed by atoms with van der Waals surface area (Å²) in [7, 11) is -1.78. The average molecular weight is 444 g/mol. The van der Waals surface area contributed by atoms with Crippen molar-refractivity contribution < 1.29 is 13.2 Å². The summed E-state index contributed by atoms with van der Waals surface area (Å²) in [5.74, 6) is -0.159. The van der Waals surface area contributed by atoms with Crippen LogP contribution in [0.3, 0.4) is 0 Å². The Morgan fingerprint density at radius 3 is 2.37 bits per heavy atom. The first-order valence-electron chi connectivity index (χ1n) is 10.2. The zero-order chi connectivity index (χ0) is 21.1. The quantitative estimate of drug-likeness (QED) is 0.594. The molecule has 6 nitrogen and oxygen atoms in total. The van der Waals surface area contributed by atoms with Gasteiger partial charge < -0.3 is 4.90 Å². The molecule has 30 heavy (non-hydrogen) atoms. The molecule has 158 valence electrons. The first-order chi connectivity index (χ1) is 14.4. The summed E-state index contributed by atoms with van der Waals surface area (Å²) in [6.07, 6.45) is 3.93. The highest BCUT2D eigenvalue weighted by atomic mass is 32.2. The van der Waals surface area contributed by atoms with Crippen LogP contribution in [0.2, 0.25) is 0 Å². The second kappa shape index (κ2) is 8.83. The van der Waals surface area contributed by atoms with E-state index in [0.29, 0.717) is 25.2 Å². The molecule has 3 aromatic rings. The molecule has 1 fully saturated rings. The topological polar surface area (TPSA) is 70.6 Å². The average Bonchev–Trinajstić information content (AvgIpc) is 2.95. The molecule has 2 heterocycles. The van der Waals surface area contributed by atoms with Crippen molar-refractivity contribution in [1.29, 1.82) is 0 Å². The number of aromatic nitrogens is 1. The number of rotatable bonds is 5. The number of carbonyl (C=O) groups is 1. The van der Waals surface area contributed by atoms with E-state index in [0.717, 1.165) is 40.9 Å². The Morgan fingerprint density at radius 2 is 1.70 bits per heavy atom. The number of benzene rings is 2. The summed E-state index contributed by atoms with van der Waals surface area (Å²) in [6, 6.07) is 14.2. The summed E-state index contributed by atoms with van der Waals surface area (Å²) in [4.78, 5) is 19.2. The minimum absolute atomic E-state index is 0.159. The molecular formula is C22H25N3O3S2. The second-order valence-electron chi connectivity index (χ2n) is 7.58. The van der Waals surface area contributed by atoms with Gasteiger partial charge >= 0.3 is 0 Å². The maximum Gasteiger partial charge on any atom is 0.253 e. The fourth-order valence-electron chi connectivity index (χ4n) is 3.68. The summed E-state index contributed by atoms with van der Waals surface area (Å²) in [5.41, 5.74) is 1.40. The van der Waals surface area contributed by atoms with Crippen LogP contribution in [0.1, 0.15) is 41.0 Å². The van der Waals surface area contributed by atoms with Gasteiger partial charge in [0, 0.05) is 25.7 Å². The number of thiazole rings is 1. The summed E-state index contributed by atoms with van der Waals surface area (Å²) in [5, 5.41) is 0.868. The Kier molecular flexibility index (Phi) is 6.17. The van der Waals surface area contributed by atoms with Gasteiger partial charge in [0.05, 0.1) is 21.7 Å². The molecule has 1 saturated heterocycles. The van der Waals surface area contributed by atoms with Crippen LogP contribution in [0.4, 0.5) is 0 Å². The molecule has 0 atom stereocenters. The largest absolute Gasteiger partial charge is 0.335 e. The molecule has 1 aliphatic rings. The van der Waals surface area contributed by atoms with Crippen molar-refractivity contribution in [3.05, 3.63) is 59.1 Å². The lowest BCUT2D eigenvalue weighted by Gasteiger charge is -2.20. The van der Waals surface area contributed by atoms with Crippen LogP contribution >= 0.6 is 11.3 Å². The van der Waals surface area contributed by atoms with E-state index in [9.17, 15) is 13.2 Å². The number of amides is 1. The van der Waals surface area contributed by atoms with E-state index < -0.39 is 10.0 Å². The third kappa shape index (κ3) is 4.40. The van der Waals surface area contributed by atoms with Gasteiger partial charge in [-0.25, -0.2) is 13.4 Å². The zero-order valence-electron chi connectivity index (χ0n) is 17.0. The van der Waals surface area contributed by atoms with Gasteiger partial charge in [0.1, 0.15) is 5.01 Å². The van der Waals surface area contributed by atoms with E-state index in [1.54, 1.807) is 51.9 Å². The Morgan fingerprint density at radius 1 is 1.03 bits per heavy atom. The minimum atomic E-state index is -3.51. The third-order valence-electron chi connectivity index (χ3n) is 5.36. The Balaban J connectivity index is 1.46. The van der Waals surface area contributed by atoms with Crippen molar-refractivity contribution in [3.8, 4) is 0 Å². The fraction of sp³-hybridized carbons (Fsp3) is 0.364. The number of nitrogens with zero attached hydrogens (tertiary/aromatic N) is 3. The maximum absolute atomic E-state index is 12.9. The van der Waals surface area contributed by atoms with Gasteiger partial charge in [0.2, 0.25) is 10.0 Å². The Hall–Kier alpha value is -2.29. The van der Waals surface area contributed by atoms with Gasteiger partial charge in [0.25, 0.3) is 5.91 Å². The molecule has 0 saturated carbocycles. The van der Waals surface area contributed by atoms with Crippen LogP contribution in [0.25, 0.3) is 10.2 Å². The van der Waals surface area contributed by atoms with Crippen LogP contribution in [0.15, 0.2) is 53.4 Å². The molecular weight excluding hydrogens is 418 g/mol. The van der Waals surface area contributed by atoms with Crippen LogP contribution in [0.5, 0.6) is 0 Å². The summed E-state index contributed by atoms with van der Waals surface area (Å²) < 4.78 is 28.5. The van der Waals surface area contributed by atoms with Crippen LogP contribution in [-0.2, 0) is 16.6 Å². The van der Waals surface area contributed by atoms with Crippen molar-refractivity contribution in [2.75, 3.05) is 20.1 Å². The van der Waals surface area contributed by atoms with Gasteiger partial charge in [-0.05, 0) is 49.2 Å². The van der Waals surface area contributed by atoms with Crippen LogP contribution in [0, 0.1) is 0 Å². The van der Waals surface area contributed by atoms with E-state index in [2.05, 4.69) is 4.98 Å². The highest BCUT2D eigenvalue weighted by Gasteiger charge is 2.25. The van der Waals surface area contributed by atoms with Gasteiger partial charge in [-0.3, -0.25) is 4.79 Å². The lowest BCUT2D eigenvalue weighted by atomic mass is 10.2. The van der Waals surface area contributed by atoms with Crippen molar-refractivity contribution in [3.63, 3.8) is 0 Å². The van der Waals surface area contributed by atoms with Crippen LogP contribution < -0.4 is 0 Å². The molecule has 0 radical (unpaired) electrons. The predicted molar refractivity (Wildman–Crippen MR) is 119 cm³/mol. The number of carbonyl (C=O) groups excluding carboxylic acids is 1. The first-order valence-corrected chi connectivity index (χ1v) is 12.4. The standard InChI is InChI=1S/C22H25N3O3S2/c1-24(16-21-23-19-8-4-5-9-20(19)29-21)22(26)17-10-12-18(13-11-17)30(27,28)25-14-6-2-3-7-15-25/h4-5,8-13H,2-3,6-7,14-16H2,1H3. The minimum Gasteiger partial charge on any atom is -0.335 e. The molecule has 0 spiro atoms. The van der Waals surface area contributed by atoms with E-state index in [1.807, 2.05) is 24.3 Å². The highest BCUT2D eigenvalue weighted by Crippen LogP contribution is 2.24. The third-order valence-corrected chi connectivity index (χ3v) is 8.30. The highest BCUT2D eigenvalue weighted by molar-refractivity contribution is 7.89. The molecule has 0 N–H and O–H groups in total. The number of sulfonamides is 1. The lowest BCUT2D eigenvalue weighted by molar-refractivity contribution is 0.0785. The summed E-state index contributed by atoms with van der Waals surface area (Å²) >= 11 is 1.57. The molecule has 0 aliphatic carbocycles. The molecule has 0 bridgehead atoms. The van der Waals surface area contributed by atoms with E-state index in [4.69, 9.17) is 0 Å². The fourth-order valence-corrected chi connectivity index (χ4v) is 6.22. The van der Waals surface area contributed by atoms with Crippen molar-refractivity contribution in [1.82, 2.24) is 14.2 Å². The predicted octanol–water partition coefficient (Wildman–Crippen LogP) is 4.13. The van der Waals surface area contributed by atoms with E-state index in [1.165, 1.54) is 0 Å². The van der Waals surface area contributed by atoms with Crippen molar-refractivity contribution >= 4 is 37.5 Å². The molecule has 4 rings (SSSR count). The number of para-hydroxylation sites is 1. The molecule has 1 aromatic heterocycles. The summed E-state index contributed by atoms with van der Waals surface area (Å²) in [6.45, 7) is 1.54. The van der Waals surface area contributed by atoms with Gasteiger partial charge in [0.15, 0.2) is 0 Å². The normalized spacial score (nSPS) is 15.8. The smallest absolute Gasteiger partial charge is 0.253 e. The van der Waals surface area contributed by atoms with Crippen LogP contribution in [-0.4, -0.2) is 48.7 Å². The van der Waals surface area contributed by atoms with E-state index >= 15 is 0 Å². The monoisotopic (exact) mass is 443 g/mol. The maximum atomic E-state index is 12.9. The Bertz CT molecular complexity index is 1100. The molecule has 1 aliphatic heterocycles. The SMILES string of the molecule is CN(Cc1nc2ccccc2s1)C(=O)c1ccc(S(=O)(=O)N2CCCCCC2)cc1. The number of hydrogen-bond acceptors (Lipinski definition) is 5. The molecule has 0 unspecified atom stereocenters. The Labute approximate surface area is 181 Å². The van der Waals surface area contributed by atoms with Crippen molar-refractivity contribution in [2.45, 2.75) is 37.1 Å². The first kappa shape index (κ1) is 21.0. The van der Waals surface area contributed by atoms with E-state index in [-0.39, 0.29) is 10.8 Å². The zero-order valence-corrected chi connectivity index (χ0v) is 18.6. The van der Waals surface area contributed by atoms with Gasteiger partial charge in [-0.1, -0.05) is 25.0 Å². The van der Waals surface area contributed by atoms with Gasteiger partial charge in [-0.15, -0.1) is 11.3 Å². The molecule has 1 amide bonds. The molecule has 2 aromatic carbocycles. The molecule has 8 heteroatoms. The lowest BCUT2D eigenvalue weighted by Crippen LogP contribution is -2.32. The number of hydrogen-bond donors (Lipinski definition) is 0. The second-order valence-corrected chi connectivity index (χ2v) is 10.6. The number of fused-ring (bicyclic) bond motifs is 1. The van der Waals surface area contributed by atoms with Gasteiger partial charge in [-0.2, -0.15) is 4.31 Å². The van der Waals surface area contributed by atoms with Crippen molar-refractivity contribution in [2.24, 2.45) is 0 Å².